The van der Waals surface area contributed by atoms with E-state index in [-0.39, 0.29) is 16.9 Å². The van der Waals surface area contributed by atoms with Gasteiger partial charge in [0.05, 0.1) is 5.69 Å². The Morgan fingerprint density at radius 3 is 2.35 bits per heavy atom. The fraction of sp³-hybridized carbons (Fsp3) is 0.296. The predicted octanol–water partition coefficient (Wildman–Crippen LogP) is 6.20. The molecule has 1 spiro atoms. The van der Waals surface area contributed by atoms with Gasteiger partial charge in [-0.1, -0.05) is 78.8 Å². The average molecular weight is 427 g/mol. The molecule has 31 heavy (non-hydrogen) atoms. The maximum absolute atomic E-state index is 14.2. The van der Waals surface area contributed by atoms with Crippen LogP contribution in [0.3, 0.4) is 0 Å². The van der Waals surface area contributed by atoms with Crippen LogP contribution < -0.4 is 10.2 Å². The molecule has 2 unspecified atom stereocenters. The number of hydrogen-bond donors (Lipinski definition) is 1. The second-order valence-electron chi connectivity index (χ2n) is 9.94. The minimum absolute atomic E-state index is 0.149. The SMILES string of the molecule is Cc1cc2c3c(c1)C(C)(c1ccccc1)CC(C)(C)N3C(=O)C21Nc2ccccc2S1. The van der Waals surface area contributed by atoms with Crippen molar-refractivity contribution in [2.24, 2.45) is 0 Å². The summed E-state index contributed by atoms with van der Waals surface area (Å²) in [5, 5.41) is 3.64. The van der Waals surface area contributed by atoms with Gasteiger partial charge in [-0.2, -0.15) is 0 Å². The lowest BCUT2D eigenvalue weighted by Gasteiger charge is -2.50. The minimum atomic E-state index is -0.793. The van der Waals surface area contributed by atoms with Gasteiger partial charge in [-0.25, -0.2) is 0 Å². The highest BCUT2D eigenvalue weighted by molar-refractivity contribution is 8.01. The number of anilines is 2. The lowest BCUT2D eigenvalue weighted by Crippen LogP contribution is -2.56. The smallest absolute Gasteiger partial charge is 0.268 e. The molecule has 0 bridgehead atoms. The van der Waals surface area contributed by atoms with Crippen molar-refractivity contribution in [1.82, 2.24) is 0 Å². The van der Waals surface area contributed by atoms with Crippen LogP contribution in [0.4, 0.5) is 11.4 Å². The van der Waals surface area contributed by atoms with Gasteiger partial charge in [0.25, 0.3) is 5.91 Å². The van der Waals surface area contributed by atoms with E-state index in [2.05, 4.69) is 92.5 Å². The average Bonchev–Trinajstić information content (AvgIpc) is 3.24. The largest absolute Gasteiger partial charge is 0.358 e. The van der Waals surface area contributed by atoms with Crippen molar-refractivity contribution in [3.05, 3.63) is 89.0 Å². The topological polar surface area (TPSA) is 32.3 Å². The number of benzene rings is 3. The number of para-hydroxylation sites is 1. The van der Waals surface area contributed by atoms with E-state index in [4.69, 9.17) is 0 Å². The Kier molecular flexibility index (Phi) is 3.65. The first-order chi connectivity index (χ1) is 14.8. The van der Waals surface area contributed by atoms with Crippen LogP contribution in [-0.4, -0.2) is 11.4 Å². The maximum atomic E-state index is 14.2. The quantitative estimate of drug-likeness (QED) is 0.503. The van der Waals surface area contributed by atoms with Crippen LogP contribution in [0.2, 0.25) is 0 Å². The molecule has 4 heteroatoms. The fourth-order valence-corrected chi connectivity index (χ4v) is 7.33. The molecule has 0 aliphatic carbocycles. The third kappa shape index (κ3) is 2.34. The van der Waals surface area contributed by atoms with Gasteiger partial charge in [0.1, 0.15) is 0 Å². The summed E-state index contributed by atoms with van der Waals surface area (Å²) in [7, 11) is 0. The number of fused-ring (bicyclic) bond motifs is 2. The first-order valence-electron chi connectivity index (χ1n) is 10.9. The highest BCUT2D eigenvalue weighted by Gasteiger charge is 2.62. The molecule has 0 saturated heterocycles. The van der Waals surface area contributed by atoms with Crippen molar-refractivity contribution in [3.63, 3.8) is 0 Å². The Balaban J connectivity index is 1.65. The molecule has 3 heterocycles. The Labute approximate surface area is 187 Å². The standard InChI is InChI=1S/C27H26N2OS/c1-17-14-19-23-20(15-17)27(28-21-12-8-9-13-22(21)31-27)24(30)29(23)25(2,3)16-26(19,4)18-10-6-5-7-11-18/h5-15,28H,16H2,1-4H3. The molecule has 6 rings (SSSR count). The van der Waals surface area contributed by atoms with Crippen LogP contribution >= 0.6 is 11.8 Å². The molecular formula is C27H26N2OS. The van der Waals surface area contributed by atoms with Crippen molar-refractivity contribution in [3.8, 4) is 0 Å². The summed E-state index contributed by atoms with van der Waals surface area (Å²) >= 11 is 1.66. The molecule has 3 nitrogen and oxygen atoms in total. The second-order valence-corrected chi connectivity index (χ2v) is 11.2. The first-order valence-corrected chi connectivity index (χ1v) is 11.7. The molecule has 3 aliphatic rings. The zero-order chi connectivity index (χ0) is 21.6. The van der Waals surface area contributed by atoms with E-state index in [0.717, 1.165) is 28.3 Å². The molecule has 0 fully saturated rings. The molecule has 1 N–H and O–H groups in total. The fourth-order valence-electron chi connectivity index (χ4n) is 6.02. The minimum Gasteiger partial charge on any atom is -0.358 e. The van der Waals surface area contributed by atoms with E-state index < -0.39 is 4.87 Å². The van der Waals surface area contributed by atoms with Crippen LogP contribution in [0, 0.1) is 6.92 Å². The summed E-state index contributed by atoms with van der Waals surface area (Å²) in [5.74, 6) is 0.149. The molecule has 2 atom stereocenters. The van der Waals surface area contributed by atoms with E-state index in [1.807, 2.05) is 12.1 Å². The van der Waals surface area contributed by atoms with Gasteiger partial charge in [0.2, 0.25) is 0 Å². The predicted molar refractivity (Wildman–Crippen MR) is 128 cm³/mol. The summed E-state index contributed by atoms with van der Waals surface area (Å²) in [6.45, 7) is 8.92. The van der Waals surface area contributed by atoms with E-state index in [1.165, 1.54) is 16.7 Å². The van der Waals surface area contributed by atoms with E-state index in [9.17, 15) is 4.79 Å². The lowest BCUT2D eigenvalue weighted by atomic mass is 9.65. The van der Waals surface area contributed by atoms with Crippen LogP contribution in [0.15, 0.2) is 71.6 Å². The highest BCUT2D eigenvalue weighted by Crippen LogP contribution is 2.63. The molecule has 3 aromatic rings. The Morgan fingerprint density at radius 2 is 1.61 bits per heavy atom. The van der Waals surface area contributed by atoms with Gasteiger partial charge < -0.3 is 10.2 Å². The summed E-state index contributed by atoms with van der Waals surface area (Å²) < 4.78 is 0. The zero-order valence-corrected chi connectivity index (χ0v) is 19.1. The highest BCUT2D eigenvalue weighted by atomic mass is 32.2. The first kappa shape index (κ1) is 19.0. The number of hydrogen-bond acceptors (Lipinski definition) is 3. The number of amides is 1. The van der Waals surface area contributed by atoms with E-state index in [1.54, 1.807) is 11.8 Å². The van der Waals surface area contributed by atoms with Crippen molar-refractivity contribution < 1.29 is 4.79 Å². The Morgan fingerprint density at radius 1 is 0.935 bits per heavy atom. The van der Waals surface area contributed by atoms with Gasteiger partial charge in [0.15, 0.2) is 4.87 Å². The Bertz CT molecular complexity index is 1220. The number of thioether (sulfide) groups is 1. The number of aryl methyl sites for hydroxylation is 1. The van der Waals surface area contributed by atoms with Crippen LogP contribution in [0.5, 0.6) is 0 Å². The van der Waals surface area contributed by atoms with Crippen molar-refractivity contribution in [1.29, 1.82) is 0 Å². The molecule has 1 amide bonds. The third-order valence-electron chi connectivity index (χ3n) is 7.22. The molecule has 3 aliphatic heterocycles. The number of nitrogens with one attached hydrogen (secondary N) is 1. The summed E-state index contributed by atoms with van der Waals surface area (Å²) in [5.41, 5.74) is 6.53. The van der Waals surface area contributed by atoms with Crippen molar-refractivity contribution in [2.45, 2.75) is 54.8 Å². The van der Waals surface area contributed by atoms with Crippen molar-refractivity contribution >= 4 is 29.0 Å². The normalized spacial score (nSPS) is 27.2. The van der Waals surface area contributed by atoms with Gasteiger partial charge >= 0.3 is 0 Å². The summed E-state index contributed by atoms with van der Waals surface area (Å²) in [6.07, 6.45) is 0.874. The van der Waals surface area contributed by atoms with Gasteiger partial charge in [-0.15, -0.1) is 0 Å². The number of carbonyl (C=O) groups excluding carboxylic acids is 1. The van der Waals surface area contributed by atoms with E-state index in [0.29, 0.717) is 0 Å². The summed E-state index contributed by atoms with van der Waals surface area (Å²) in [4.78, 5) is 16.6. The molecule has 0 aromatic heterocycles. The van der Waals surface area contributed by atoms with Gasteiger partial charge in [-0.05, 0) is 50.5 Å². The Hall–Kier alpha value is -2.72. The molecule has 156 valence electrons. The number of nitrogens with zero attached hydrogens (tertiary/aromatic N) is 1. The van der Waals surface area contributed by atoms with Crippen LogP contribution in [-0.2, 0) is 15.1 Å². The van der Waals surface area contributed by atoms with Gasteiger partial charge in [-0.3, -0.25) is 4.79 Å². The maximum Gasteiger partial charge on any atom is 0.268 e. The molecule has 0 saturated carbocycles. The monoisotopic (exact) mass is 426 g/mol. The number of rotatable bonds is 1. The van der Waals surface area contributed by atoms with Gasteiger partial charge in [0, 0.05) is 27.1 Å². The zero-order valence-electron chi connectivity index (χ0n) is 18.3. The second kappa shape index (κ2) is 5.95. The van der Waals surface area contributed by atoms with Crippen LogP contribution in [0.1, 0.15) is 49.4 Å². The van der Waals surface area contributed by atoms with E-state index >= 15 is 0 Å². The third-order valence-corrected chi connectivity index (χ3v) is 8.60. The molecular weight excluding hydrogens is 400 g/mol. The van der Waals surface area contributed by atoms with Crippen molar-refractivity contribution in [2.75, 3.05) is 10.2 Å². The molecule has 3 aromatic carbocycles. The van der Waals surface area contributed by atoms with Crippen LogP contribution in [0.25, 0.3) is 0 Å². The number of carbonyl (C=O) groups is 1. The lowest BCUT2D eigenvalue weighted by molar-refractivity contribution is -0.120. The molecule has 0 radical (unpaired) electrons. The summed E-state index contributed by atoms with van der Waals surface area (Å²) in [6, 6.07) is 23.5.